The molecule has 4 aromatic heterocycles. The molecule has 4 heterocycles. The minimum Gasteiger partial charge on any atom is -0.390 e. The van der Waals surface area contributed by atoms with E-state index in [1.54, 1.807) is 18.2 Å². The topological polar surface area (TPSA) is 170 Å². The summed E-state index contributed by atoms with van der Waals surface area (Å²) >= 11 is 0. The van der Waals surface area contributed by atoms with Crippen LogP contribution in [0, 0.1) is 0 Å². The Kier molecular flexibility index (Phi) is 6.85. The Morgan fingerprint density at radius 1 is 1.00 bits per heavy atom. The molecule has 206 valence electrons. The zero-order valence-corrected chi connectivity index (χ0v) is 20.9. The molecule has 0 aliphatic heterocycles. The fraction of sp³-hybridized carbons (Fsp3) is 0.125. The van der Waals surface area contributed by atoms with Gasteiger partial charge in [-0.25, -0.2) is 18.9 Å². The third-order valence-electron chi connectivity index (χ3n) is 5.88. The summed E-state index contributed by atoms with van der Waals surface area (Å²) in [6.45, 7) is -1.48. The molecule has 0 bridgehead atoms. The molecule has 3 N–H and O–H groups in total. The number of phosphoric ester groups is 1. The first kappa shape index (κ1) is 27.3. The van der Waals surface area contributed by atoms with Gasteiger partial charge in [0.15, 0.2) is 0 Å². The van der Waals surface area contributed by atoms with Crippen molar-refractivity contribution in [2.45, 2.75) is 19.5 Å². The van der Waals surface area contributed by atoms with Crippen molar-refractivity contribution in [3.8, 4) is 16.9 Å². The molecule has 0 unspecified atom stereocenters. The van der Waals surface area contributed by atoms with Crippen LogP contribution in [-0.2, 0) is 28.6 Å². The fourth-order valence-corrected chi connectivity index (χ4v) is 4.29. The number of pyridine rings is 3. The number of hydrogen-bond acceptors (Lipinski definition) is 8. The number of rotatable bonds is 6. The van der Waals surface area contributed by atoms with Crippen molar-refractivity contribution in [1.82, 2.24) is 24.1 Å². The highest BCUT2D eigenvalue weighted by Gasteiger charge is 2.31. The Hall–Kier alpha value is -4.27. The van der Waals surface area contributed by atoms with E-state index in [4.69, 9.17) is 9.79 Å². The lowest BCUT2D eigenvalue weighted by molar-refractivity contribution is -0.137. The summed E-state index contributed by atoms with van der Waals surface area (Å²) in [6, 6.07) is 10.0. The van der Waals surface area contributed by atoms with Crippen LogP contribution < -0.4 is 11.2 Å². The number of alkyl halides is 3. The van der Waals surface area contributed by atoms with Crippen LogP contribution >= 0.6 is 7.82 Å². The molecule has 1 aromatic carbocycles. The van der Waals surface area contributed by atoms with E-state index in [0.717, 1.165) is 22.9 Å². The summed E-state index contributed by atoms with van der Waals surface area (Å²) in [4.78, 5) is 57.9. The van der Waals surface area contributed by atoms with E-state index in [-0.39, 0.29) is 34.2 Å². The number of hydrogen-bond donors (Lipinski definition) is 3. The van der Waals surface area contributed by atoms with Crippen molar-refractivity contribution in [1.29, 1.82) is 0 Å². The van der Waals surface area contributed by atoms with Crippen LogP contribution in [0.4, 0.5) is 13.2 Å². The van der Waals surface area contributed by atoms with E-state index in [2.05, 4.69) is 19.5 Å². The quantitative estimate of drug-likeness (QED) is 0.202. The zero-order valence-electron chi connectivity index (χ0n) is 20.0. The second-order valence-electron chi connectivity index (χ2n) is 8.43. The molecule has 16 heteroatoms. The van der Waals surface area contributed by atoms with Crippen LogP contribution in [0.3, 0.4) is 0 Å². The van der Waals surface area contributed by atoms with Gasteiger partial charge in [-0.3, -0.25) is 23.9 Å². The molecule has 0 fully saturated rings. The van der Waals surface area contributed by atoms with Gasteiger partial charge in [0, 0.05) is 18.0 Å². The van der Waals surface area contributed by atoms with Gasteiger partial charge in [-0.05, 0) is 42.5 Å². The van der Waals surface area contributed by atoms with Gasteiger partial charge in [0.05, 0.1) is 45.7 Å². The Morgan fingerprint density at radius 2 is 1.77 bits per heavy atom. The maximum Gasteiger partial charge on any atom is 0.471 e. The number of aliphatic hydroxyl groups is 1. The van der Waals surface area contributed by atoms with Gasteiger partial charge in [0.2, 0.25) is 0 Å². The van der Waals surface area contributed by atoms with Crippen molar-refractivity contribution in [3.05, 3.63) is 93.0 Å². The molecule has 0 saturated heterocycles. The maximum absolute atomic E-state index is 13.6. The minimum absolute atomic E-state index is 0.0177. The van der Waals surface area contributed by atoms with Crippen molar-refractivity contribution in [2.75, 3.05) is 0 Å². The highest BCUT2D eigenvalue weighted by molar-refractivity contribution is 7.46. The van der Waals surface area contributed by atoms with Crippen molar-refractivity contribution in [3.63, 3.8) is 0 Å². The minimum atomic E-state index is -5.14. The number of halogens is 3. The highest BCUT2D eigenvalue weighted by Crippen LogP contribution is 2.36. The maximum atomic E-state index is 13.6. The molecule has 40 heavy (non-hydrogen) atoms. The standard InChI is InChI=1S/C24H17F3N5O7P/c25-24(26,27)14-2-1-3-16(8-14)32-21-17(22(34)31(23(32)35)12-39-40(36,37)38)10-29-19-7-6-18(30-20(19)21)13-4-5-15(11-33)28-9-13/h1-10,33H,11-12H2,(H2,36,37,38). The molecular formula is C24H17F3N5O7P. The Labute approximate surface area is 220 Å². The lowest BCUT2D eigenvalue weighted by Crippen LogP contribution is -2.40. The monoisotopic (exact) mass is 575 g/mol. The second kappa shape index (κ2) is 10.0. The number of phosphoric acid groups is 1. The fourth-order valence-electron chi connectivity index (χ4n) is 4.02. The summed E-state index contributed by atoms with van der Waals surface area (Å²) in [5, 5.41) is 8.97. The van der Waals surface area contributed by atoms with Crippen LogP contribution in [0.2, 0.25) is 0 Å². The first-order valence-corrected chi connectivity index (χ1v) is 12.8. The number of aromatic nitrogens is 5. The van der Waals surface area contributed by atoms with E-state index < -0.39 is 37.5 Å². The van der Waals surface area contributed by atoms with E-state index in [9.17, 15) is 32.4 Å². The zero-order chi connectivity index (χ0) is 28.8. The Bertz CT molecular complexity index is 1940. The number of aliphatic hydroxyl groups excluding tert-OH is 1. The molecule has 0 amide bonds. The van der Waals surface area contributed by atoms with Gasteiger partial charge in [-0.1, -0.05) is 6.07 Å². The average molecular weight is 575 g/mol. The average Bonchev–Trinajstić information content (AvgIpc) is 2.92. The molecular weight excluding hydrogens is 558 g/mol. The summed E-state index contributed by atoms with van der Waals surface area (Å²) in [7, 11) is -5.14. The number of nitrogens with zero attached hydrogens (tertiary/aromatic N) is 5. The molecule has 5 aromatic rings. The third kappa shape index (κ3) is 5.15. The van der Waals surface area contributed by atoms with Crippen LogP contribution in [0.5, 0.6) is 0 Å². The van der Waals surface area contributed by atoms with Crippen molar-refractivity contribution in [2.24, 2.45) is 0 Å². The van der Waals surface area contributed by atoms with Crippen LogP contribution in [-0.4, -0.2) is 39.0 Å². The van der Waals surface area contributed by atoms with Gasteiger partial charge < -0.3 is 14.9 Å². The lowest BCUT2D eigenvalue weighted by atomic mass is 10.1. The van der Waals surface area contributed by atoms with Crippen LogP contribution in [0.15, 0.2) is 70.5 Å². The number of fused-ring (bicyclic) bond motifs is 3. The lowest BCUT2D eigenvalue weighted by Gasteiger charge is -2.17. The highest BCUT2D eigenvalue weighted by atomic mass is 31.2. The summed E-state index contributed by atoms with van der Waals surface area (Å²) < 4.78 is 57.4. The predicted molar refractivity (Wildman–Crippen MR) is 134 cm³/mol. The summed E-state index contributed by atoms with van der Waals surface area (Å²) in [6.07, 6.45) is -2.25. The Morgan fingerprint density at radius 3 is 2.42 bits per heavy atom. The molecule has 0 atom stereocenters. The van der Waals surface area contributed by atoms with Gasteiger partial charge >= 0.3 is 19.7 Å². The van der Waals surface area contributed by atoms with E-state index in [0.29, 0.717) is 27.6 Å². The van der Waals surface area contributed by atoms with Gasteiger partial charge in [0.25, 0.3) is 5.56 Å². The summed E-state index contributed by atoms with van der Waals surface area (Å²) in [5.41, 5.74) is -2.49. The normalized spacial score (nSPS) is 12.3. The first-order valence-electron chi connectivity index (χ1n) is 11.3. The number of benzene rings is 1. The SMILES string of the molecule is O=c1c2cnc3ccc(-c4ccc(CO)nc4)nc3c2n(-c2cccc(C(F)(F)F)c2)c(=O)n1COP(=O)(O)O. The molecule has 12 nitrogen and oxygen atoms in total. The molecule has 5 rings (SSSR count). The van der Waals surface area contributed by atoms with Crippen molar-refractivity contribution >= 4 is 29.8 Å². The molecule has 0 saturated carbocycles. The van der Waals surface area contributed by atoms with Crippen LogP contribution in [0.1, 0.15) is 11.3 Å². The van der Waals surface area contributed by atoms with E-state index in [1.165, 1.54) is 18.3 Å². The predicted octanol–water partition coefficient (Wildman–Crippen LogP) is 2.74. The molecule has 0 radical (unpaired) electrons. The largest absolute Gasteiger partial charge is 0.471 e. The first-order chi connectivity index (χ1) is 18.9. The second-order valence-corrected chi connectivity index (χ2v) is 9.67. The summed E-state index contributed by atoms with van der Waals surface area (Å²) in [5.74, 6) is 0. The Balaban J connectivity index is 1.87. The van der Waals surface area contributed by atoms with E-state index in [1.807, 2.05) is 0 Å². The van der Waals surface area contributed by atoms with Gasteiger partial charge in [-0.2, -0.15) is 13.2 Å². The van der Waals surface area contributed by atoms with E-state index >= 15 is 0 Å². The van der Waals surface area contributed by atoms with Crippen LogP contribution in [0.25, 0.3) is 38.9 Å². The molecule has 0 aliphatic carbocycles. The smallest absolute Gasteiger partial charge is 0.390 e. The van der Waals surface area contributed by atoms with Crippen molar-refractivity contribution < 1.29 is 37.2 Å². The molecule has 0 spiro atoms. The van der Waals surface area contributed by atoms with Gasteiger partial charge in [-0.15, -0.1) is 0 Å². The third-order valence-corrected chi connectivity index (χ3v) is 6.33. The molecule has 0 aliphatic rings. The van der Waals surface area contributed by atoms with Gasteiger partial charge in [0.1, 0.15) is 12.2 Å².